The molecule has 0 fully saturated rings. The SMILES string of the molecule is C=CCC(C=C)N(c1ccc(C2=CC=C(n3c(C=C)c(/C=C/C4C=CC(c5cccc6c5oc5ccccc56)=CC4)c(=C/C)/c3=C\C)CC2)cc1)c1cccc2ccccc12. The van der Waals surface area contributed by atoms with Crippen molar-refractivity contribution in [2.75, 3.05) is 4.90 Å². The van der Waals surface area contributed by atoms with Gasteiger partial charge < -0.3 is 13.9 Å². The van der Waals surface area contributed by atoms with Crippen LogP contribution in [-0.4, -0.2) is 10.6 Å². The summed E-state index contributed by atoms with van der Waals surface area (Å²) in [6.45, 7) is 16.9. The fourth-order valence-electron chi connectivity index (χ4n) is 9.39. The Morgan fingerprint density at radius 2 is 1.57 bits per heavy atom. The molecule has 2 atom stereocenters. The zero-order chi connectivity index (χ0) is 41.9. The quantitative estimate of drug-likeness (QED) is 0.115. The van der Waals surface area contributed by atoms with Crippen LogP contribution >= 0.6 is 0 Å². The van der Waals surface area contributed by atoms with Gasteiger partial charge in [-0.05, 0) is 104 Å². The van der Waals surface area contributed by atoms with Crippen molar-refractivity contribution in [2.45, 2.75) is 45.6 Å². The number of nitrogens with zero attached hydrogens (tertiary/aromatic N) is 2. The summed E-state index contributed by atoms with van der Waals surface area (Å²) in [7, 11) is 0. The minimum absolute atomic E-state index is 0.0720. The summed E-state index contributed by atoms with van der Waals surface area (Å²) >= 11 is 0. The third kappa shape index (κ3) is 7.31. The van der Waals surface area contributed by atoms with Gasteiger partial charge in [0.15, 0.2) is 0 Å². The van der Waals surface area contributed by atoms with Gasteiger partial charge in [-0.25, -0.2) is 0 Å². The van der Waals surface area contributed by atoms with Crippen molar-refractivity contribution in [3.63, 3.8) is 0 Å². The Morgan fingerprint density at radius 3 is 2.30 bits per heavy atom. The predicted octanol–water partition coefficient (Wildman–Crippen LogP) is 14.4. The summed E-state index contributed by atoms with van der Waals surface area (Å²) in [4.78, 5) is 2.40. The Labute approximate surface area is 359 Å². The van der Waals surface area contributed by atoms with Crippen LogP contribution in [-0.2, 0) is 0 Å². The molecule has 2 aromatic heterocycles. The minimum Gasteiger partial charge on any atom is -0.455 e. The molecule has 300 valence electrons. The highest BCUT2D eigenvalue weighted by atomic mass is 16.3. The first-order valence-electron chi connectivity index (χ1n) is 21.5. The number of hydrogen-bond acceptors (Lipinski definition) is 2. The zero-order valence-corrected chi connectivity index (χ0v) is 35.2. The van der Waals surface area contributed by atoms with Gasteiger partial charge in [0.1, 0.15) is 11.2 Å². The van der Waals surface area contributed by atoms with Crippen LogP contribution in [0.25, 0.3) is 73.9 Å². The Balaban J connectivity index is 0.976. The van der Waals surface area contributed by atoms with E-state index in [0.29, 0.717) is 0 Å². The van der Waals surface area contributed by atoms with E-state index in [1.54, 1.807) is 0 Å². The third-order valence-corrected chi connectivity index (χ3v) is 12.4. The van der Waals surface area contributed by atoms with Crippen molar-refractivity contribution >= 4 is 85.2 Å². The first kappa shape index (κ1) is 39.4. The summed E-state index contributed by atoms with van der Waals surface area (Å²) in [6, 6.07) is 39.0. The fraction of sp³-hybridized carbons (Fsp3) is 0.138. The molecule has 3 heteroatoms. The standard InChI is InChI=1S/C58H52N2O/c1-6-17-45(7-2)59(56-24-15-19-43-18-11-12-20-49(43)56)46-35-31-41(32-36-46)42-33-37-47(38-34-42)60-54(9-4)48(8-3)51(55(60)10-5)39-28-40-26-29-44(30-27-40)50-22-16-23-53-52-21-13-14-25-57(52)61-58(50)53/h6-16,18-26,28-33,35-37,39-40,45H,1-2,5,17,27,34,38H2,3-4H3/b39-28+,48-8-,54-9+. The molecule has 0 N–H and O–H groups in total. The second kappa shape index (κ2) is 17.2. The van der Waals surface area contributed by atoms with E-state index in [4.69, 9.17) is 4.42 Å². The topological polar surface area (TPSA) is 21.3 Å². The van der Waals surface area contributed by atoms with Crippen molar-refractivity contribution in [2.24, 2.45) is 5.92 Å². The van der Waals surface area contributed by atoms with Gasteiger partial charge in [-0.2, -0.15) is 0 Å². The highest BCUT2D eigenvalue weighted by molar-refractivity contribution is 6.08. The largest absolute Gasteiger partial charge is 0.455 e. The van der Waals surface area contributed by atoms with Crippen LogP contribution in [0.2, 0.25) is 0 Å². The molecular weight excluding hydrogens is 741 g/mol. The van der Waals surface area contributed by atoms with Crippen molar-refractivity contribution in [3.05, 3.63) is 210 Å². The molecule has 5 aromatic carbocycles. The summed E-state index contributed by atoms with van der Waals surface area (Å²) in [5.41, 5.74) is 12.7. The second-order valence-corrected chi connectivity index (χ2v) is 15.9. The number of hydrogen-bond donors (Lipinski definition) is 0. The lowest BCUT2D eigenvalue weighted by Gasteiger charge is -2.33. The van der Waals surface area contributed by atoms with Crippen LogP contribution in [0.5, 0.6) is 0 Å². The van der Waals surface area contributed by atoms with E-state index < -0.39 is 0 Å². The number of fused-ring (bicyclic) bond motifs is 4. The maximum absolute atomic E-state index is 6.35. The first-order chi connectivity index (χ1) is 30.0. The van der Waals surface area contributed by atoms with Gasteiger partial charge in [0.05, 0.1) is 11.7 Å². The molecule has 0 aliphatic heterocycles. The number of benzene rings is 5. The molecule has 61 heavy (non-hydrogen) atoms. The average Bonchev–Trinajstić information content (AvgIpc) is 3.86. The van der Waals surface area contributed by atoms with Crippen LogP contribution in [0.1, 0.15) is 61.9 Å². The second-order valence-electron chi connectivity index (χ2n) is 15.9. The Morgan fingerprint density at radius 1 is 0.803 bits per heavy atom. The molecule has 0 saturated heterocycles. The van der Waals surface area contributed by atoms with E-state index >= 15 is 0 Å². The fourth-order valence-corrected chi connectivity index (χ4v) is 9.39. The predicted molar refractivity (Wildman–Crippen MR) is 265 cm³/mol. The number of anilines is 2. The summed E-state index contributed by atoms with van der Waals surface area (Å²) in [5, 5.41) is 7.20. The van der Waals surface area contributed by atoms with E-state index in [2.05, 4.69) is 195 Å². The summed E-state index contributed by atoms with van der Waals surface area (Å²) in [6.07, 6.45) is 30.3. The van der Waals surface area contributed by atoms with Crippen molar-refractivity contribution in [3.8, 4) is 0 Å². The van der Waals surface area contributed by atoms with Gasteiger partial charge in [0, 0.05) is 54.9 Å². The molecule has 0 radical (unpaired) electrons. The lowest BCUT2D eigenvalue weighted by Crippen LogP contribution is -2.29. The molecule has 9 rings (SSSR count). The van der Waals surface area contributed by atoms with E-state index in [9.17, 15) is 0 Å². The number of allylic oxidation sites excluding steroid dienone is 9. The van der Waals surface area contributed by atoms with Crippen LogP contribution in [0.4, 0.5) is 11.4 Å². The van der Waals surface area contributed by atoms with Crippen LogP contribution in [0.15, 0.2) is 182 Å². The number of rotatable bonds is 12. The lowest BCUT2D eigenvalue weighted by atomic mass is 9.91. The smallest absolute Gasteiger partial charge is 0.143 e. The minimum atomic E-state index is 0.0720. The monoisotopic (exact) mass is 792 g/mol. The van der Waals surface area contributed by atoms with Gasteiger partial charge in [0.2, 0.25) is 0 Å². The maximum atomic E-state index is 6.35. The van der Waals surface area contributed by atoms with Crippen molar-refractivity contribution in [1.82, 2.24) is 4.57 Å². The van der Waals surface area contributed by atoms with Crippen LogP contribution in [0, 0.1) is 5.92 Å². The zero-order valence-electron chi connectivity index (χ0n) is 35.2. The molecule has 0 saturated carbocycles. The van der Waals surface area contributed by atoms with Crippen molar-refractivity contribution < 1.29 is 4.42 Å². The molecule has 2 unspecified atom stereocenters. The summed E-state index contributed by atoms with van der Waals surface area (Å²) < 4.78 is 8.77. The Bertz CT molecular complexity index is 3110. The molecule has 2 heterocycles. The molecule has 0 bridgehead atoms. The molecule has 0 amide bonds. The molecule has 3 nitrogen and oxygen atoms in total. The highest BCUT2D eigenvalue weighted by Gasteiger charge is 2.21. The van der Waals surface area contributed by atoms with Gasteiger partial charge in [-0.15, -0.1) is 13.2 Å². The van der Waals surface area contributed by atoms with Crippen LogP contribution in [0.3, 0.4) is 0 Å². The molecule has 2 aliphatic rings. The first-order valence-corrected chi connectivity index (χ1v) is 21.5. The van der Waals surface area contributed by atoms with E-state index in [0.717, 1.165) is 64.6 Å². The molecule has 7 aromatic rings. The van der Waals surface area contributed by atoms with Gasteiger partial charge in [0.25, 0.3) is 0 Å². The van der Waals surface area contributed by atoms with E-state index in [1.807, 2.05) is 30.4 Å². The van der Waals surface area contributed by atoms with E-state index in [-0.39, 0.29) is 12.0 Å². The van der Waals surface area contributed by atoms with Gasteiger partial charge >= 0.3 is 0 Å². The molecule has 0 spiro atoms. The Hall–Kier alpha value is -7.10. The lowest BCUT2D eigenvalue weighted by molar-refractivity contribution is 0.667. The third-order valence-electron chi connectivity index (χ3n) is 12.4. The average molecular weight is 793 g/mol. The van der Waals surface area contributed by atoms with Gasteiger partial charge in [-0.1, -0.05) is 152 Å². The maximum Gasteiger partial charge on any atom is 0.143 e. The Kier molecular flexibility index (Phi) is 11.1. The highest BCUT2D eigenvalue weighted by Crippen LogP contribution is 2.38. The molecular formula is C58H52N2O. The van der Waals surface area contributed by atoms with E-state index in [1.165, 1.54) is 55.0 Å². The normalized spacial score (nSPS) is 16.6. The van der Waals surface area contributed by atoms with Crippen LogP contribution < -0.4 is 15.5 Å². The number of para-hydroxylation sites is 2. The number of aromatic nitrogens is 1. The number of furan rings is 1. The molecule has 2 aliphatic carbocycles. The summed E-state index contributed by atoms with van der Waals surface area (Å²) in [5.74, 6) is 0.285. The van der Waals surface area contributed by atoms with Crippen molar-refractivity contribution in [1.29, 1.82) is 0 Å². The van der Waals surface area contributed by atoms with Gasteiger partial charge in [-0.3, -0.25) is 0 Å².